The molecule has 1 saturated carbocycles. The molecule has 2 aromatic rings. The molecule has 0 heterocycles. The van der Waals surface area contributed by atoms with Crippen LogP contribution in [0.3, 0.4) is 0 Å². The van der Waals surface area contributed by atoms with Gasteiger partial charge in [0.15, 0.2) is 0 Å². The smallest absolute Gasteiger partial charge is 0.255 e. The van der Waals surface area contributed by atoms with E-state index in [1.165, 1.54) is 6.42 Å². The number of hydrogen-bond donors (Lipinski definition) is 2. The Balaban J connectivity index is 1.73. The van der Waals surface area contributed by atoms with Crippen LogP contribution in [-0.4, -0.2) is 18.4 Å². The van der Waals surface area contributed by atoms with Gasteiger partial charge in [-0.2, -0.15) is 0 Å². The van der Waals surface area contributed by atoms with Gasteiger partial charge in [0.25, 0.3) is 5.91 Å². The van der Waals surface area contributed by atoms with E-state index >= 15 is 0 Å². The van der Waals surface area contributed by atoms with Crippen molar-refractivity contribution >= 4 is 17.5 Å². The van der Waals surface area contributed by atoms with E-state index in [9.17, 15) is 9.59 Å². The molecule has 2 aromatic carbocycles. The summed E-state index contributed by atoms with van der Waals surface area (Å²) in [5.74, 6) is 0.602. The maximum absolute atomic E-state index is 13.2. The van der Waals surface area contributed by atoms with Crippen LogP contribution in [0.5, 0.6) is 0 Å². The highest BCUT2D eigenvalue weighted by Gasteiger charge is 2.40. The molecule has 0 aromatic heterocycles. The van der Waals surface area contributed by atoms with Crippen LogP contribution >= 0.6 is 0 Å². The molecule has 0 unspecified atom stereocenters. The standard InChI is InChI=1S/C26H34N2O2/c1-19(2)15-18-27-25(30)26(16-5-4-6-17-26)22-11-13-23(14-12-22)28-24(29)21-9-7-20(3)8-10-21/h7-14,19H,4-6,15-18H2,1-3H3,(H,27,30)(H,28,29). The lowest BCUT2D eigenvalue weighted by Gasteiger charge is -2.36. The Hall–Kier alpha value is -2.62. The summed E-state index contributed by atoms with van der Waals surface area (Å²) in [6, 6.07) is 15.4. The maximum Gasteiger partial charge on any atom is 0.255 e. The van der Waals surface area contributed by atoms with Crippen LogP contribution in [0.2, 0.25) is 0 Å². The van der Waals surface area contributed by atoms with Crippen LogP contribution in [0, 0.1) is 12.8 Å². The molecular formula is C26H34N2O2. The molecule has 0 saturated heterocycles. The number of anilines is 1. The lowest BCUT2D eigenvalue weighted by molar-refractivity contribution is -0.128. The molecule has 1 aliphatic carbocycles. The topological polar surface area (TPSA) is 58.2 Å². The third-order valence-electron chi connectivity index (χ3n) is 6.16. The molecule has 0 atom stereocenters. The van der Waals surface area contributed by atoms with Crippen molar-refractivity contribution in [2.75, 3.05) is 11.9 Å². The van der Waals surface area contributed by atoms with E-state index < -0.39 is 5.41 Å². The van der Waals surface area contributed by atoms with Gasteiger partial charge in [-0.05, 0) is 61.9 Å². The van der Waals surface area contributed by atoms with Crippen molar-refractivity contribution < 1.29 is 9.59 Å². The molecule has 0 spiro atoms. The fourth-order valence-electron chi connectivity index (χ4n) is 4.23. The largest absolute Gasteiger partial charge is 0.355 e. The molecule has 160 valence electrons. The van der Waals surface area contributed by atoms with Gasteiger partial charge in [-0.25, -0.2) is 0 Å². The van der Waals surface area contributed by atoms with E-state index in [-0.39, 0.29) is 11.8 Å². The predicted molar refractivity (Wildman–Crippen MR) is 123 cm³/mol. The number of carbonyl (C=O) groups is 2. The van der Waals surface area contributed by atoms with Crippen molar-refractivity contribution in [1.29, 1.82) is 0 Å². The molecule has 0 aliphatic heterocycles. The zero-order valence-corrected chi connectivity index (χ0v) is 18.5. The number of hydrogen-bond acceptors (Lipinski definition) is 2. The Bertz CT molecular complexity index is 848. The second-order valence-electron chi connectivity index (χ2n) is 8.98. The predicted octanol–water partition coefficient (Wildman–Crippen LogP) is 5.61. The van der Waals surface area contributed by atoms with Gasteiger partial charge in [0.2, 0.25) is 5.91 Å². The van der Waals surface area contributed by atoms with Gasteiger partial charge in [0.1, 0.15) is 0 Å². The summed E-state index contributed by atoms with van der Waals surface area (Å²) in [6.07, 6.45) is 6.09. The number of amides is 2. The minimum absolute atomic E-state index is 0.124. The fourth-order valence-corrected chi connectivity index (χ4v) is 4.23. The summed E-state index contributed by atoms with van der Waals surface area (Å²) in [5, 5.41) is 6.14. The zero-order chi connectivity index (χ0) is 21.6. The highest BCUT2D eigenvalue weighted by molar-refractivity contribution is 6.04. The van der Waals surface area contributed by atoms with E-state index in [0.717, 1.165) is 55.5 Å². The highest BCUT2D eigenvalue weighted by atomic mass is 16.2. The van der Waals surface area contributed by atoms with Crippen molar-refractivity contribution in [3.8, 4) is 0 Å². The first-order valence-corrected chi connectivity index (χ1v) is 11.2. The molecule has 30 heavy (non-hydrogen) atoms. The van der Waals surface area contributed by atoms with Crippen LogP contribution in [0.1, 0.15) is 73.9 Å². The van der Waals surface area contributed by atoms with Gasteiger partial charge < -0.3 is 10.6 Å². The third-order valence-corrected chi connectivity index (χ3v) is 6.16. The molecule has 2 N–H and O–H groups in total. The van der Waals surface area contributed by atoms with Gasteiger partial charge in [-0.1, -0.05) is 62.9 Å². The molecule has 4 heteroatoms. The quantitative estimate of drug-likeness (QED) is 0.628. The summed E-state index contributed by atoms with van der Waals surface area (Å²) in [7, 11) is 0. The third kappa shape index (κ3) is 5.29. The average molecular weight is 407 g/mol. The molecule has 3 rings (SSSR count). The summed E-state index contributed by atoms with van der Waals surface area (Å²) in [6.45, 7) is 7.07. The van der Waals surface area contributed by atoms with E-state index in [0.29, 0.717) is 11.5 Å². The SMILES string of the molecule is Cc1ccc(C(=O)Nc2ccc(C3(C(=O)NCCC(C)C)CCCCC3)cc2)cc1. The minimum Gasteiger partial charge on any atom is -0.355 e. The summed E-state index contributed by atoms with van der Waals surface area (Å²) < 4.78 is 0. The minimum atomic E-state index is -0.450. The molecule has 2 amide bonds. The molecule has 4 nitrogen and oxygen atoms in total. The first-order valence-electron chi connectivity index (χ1n) is 11.2. The van der Waals surface area contributed by atoms with Crippen molar-refractivity contribution in [2.24, 2.45) is 5.92 Å². The molecule has 1 aliphatic rings. The Labute approximate surface area is 180 Å². The fraction of sp³-hybridized carbons (Fsp3) is 0.462. The van der Waals surface area contributed by atoms with Gasteiger partial charge in [-0.15, -0.1) is 0 Å². The lowest BCUT2D eigenvalue weighted by atomic mass is 9.68. The maximum atomic E-state index is 13.2. The number of carbonyl (C=O) groups excluding carboxylic acids is 2. The highest BCUT2D eigenvalue weighted by Crippen LogP contribution is 2.40. The molecule has 0 radical (unpaired) electrons. The van der Waals surface area contributed by atoms with Gasteiger partial charge in [0, 0.05) is 17.8 Å². The summed E-state index contributed by atoms with van der Waals surface area (Å²) in [5.41, 5.74) is 3.11. The Morgan fingerprint density at radius 3 is 2.17 bits per heavy atom. The first-order chi connectivity index (χ1) is 14.4. The van der Waals surface area contributed by atoms with Crippen molar-refractivity contribution in [3.05, 3.63) is 65.2 Å². The second kappa shape index (κ2) is 9.92. The van der Waals surface area contributed by atoms with Gasteiger partial charge >= 0.3 is 0 Å². The molecule has 1 fully saturated rings. The van der Waals surface area contributed by atoms with Crippen LogP contribution in [0.25, 0.3) is 0 Å². The van der Waals surface area contributed by atoms with E-state index in [4.69, 9.17) is 0 Å². The average Bonchev–Trinajstić information content (AvgIpc) is 2.75. The summed E-state index contributed by atoms with van der Waals surface area (Å²) >= 11 is 0. The van der Waals surface area contributed by atoms with Crippen LogP contribution in [0.4, 0.5) is 5.69 Å². The Morgan fingerprint density at radius 2 is 1.57 bits per heavy atom. The Morgan fingerprint density at radius 1 is 0.933 bits per heavy atom. The normalized spacial score (nSPS) is 15.6. The second-order valence-corrected chi connectivity index (χ2v) is 8.98. The lowest BCUT2D eigenvalue weighted by Crippen LogP contribution is -2.46. The van der Waals surface area contributed by atoms with Crippen molar-refractivity contribution in [2.45, 2.75) is 64.7 Å². The van der Waals surface area contributed by atoms with E-state index in [1.54, 1.807) is 0 Å². The van der Waals surface area contributed by atoms with Crippen LogP contribution < -0.4 is 10.6 Å². The van der Waals surface area contributed by atoms with Crippen molar-refractivity contribution in [3.63, 3.8) is 0 Å². The molecular weight excluding hydrogens is 372 g/mol. The number of nitrogens with one attached hydrogen (secondary N) is 2. The van der Waals surface area contributed by atoms with Gasteiger partial charge in [-0.3, -0.25) is 9.59 Å². The monoisotopic (exact) mass is 406 g/mol. The molecule has 0 bridgehead atoms. The number of rotatable bonds is 7. The Kier molecular flexibility index (Phi) is 7.30. The number of benzene rings is 2. The van der Waals surface area contributed by atoms with Gasteiger partial charge in [0.05, 0.1) is 5.41 Å². The summed E-state index contributed by atoms with van der Waals surface area (Å²) in [4.78, 5) is 25.7. The van der Waals surface area contributed by atoms with E-state index in [2.05, 4.69) is 24.5 Å². The van der Waals surface area contributed by atoms with Crippen molar-refractivity contribution in [1.82, 2.24) is 5.32 Å². The van der Waals surface area contributed by atoms with E-state index in [1.807, 2.05) is 55.5 Å². The number of aryl methyl sites for hydroxylation is 1. The van der Waals surface area contributed by atoms with Crippen LogP contribution in [-0.2, 0) is 10.2 Å². The first kappa shape index (κ1) is 22.1. The van der Waals surface area contributed by atoms with Crippen LogP contribution in [0.15, 0.2) is 48.5 Å². The zero-order valence-electron chi connectivity index (χ0n) is 18.5.